The summed E-state index contributed by atoms with van der Waals surface area (Å²) >= 11 is 0. The van der Waals surface area contributed by atoms with Gasteiger partial charge in [-0.05, 0) is 31.2 Å². The Balaban J connectivity index is 2.58. The Morgan fingerprint density at radius 3 is 2.50 bits per heavy atom. The van der Waals surface area contributed by atoms with Gasteiger partial charge < -0.3 is 15.2 Å². The van der Waals surface area contributed by atoms with Crippen molar-refractivity contribution >= 4 is 5.97 Å². The molecular formula is C12H18NO3+. The summed E-state index contributed by atoms with van der Waals surface area (Å²) in [6.45, 7) is 2.21. The van der Waals surface area contributed by atoms with Gasteiger partial charge in [0, 0.05) is 5.56 Å². The molecule has 4 nitrogen and oxygen atoms in total. The van der Waals surface area contributed by atoms with Crippen molar-refractivity contribution < 1.29 is 20.0 Å². The minimum absolute atomic E-state index is 0.0787. The molecule has 3 N–H and O–H groups in total. The first-order chi connectivity index (χ1) is 7.67. The predicted octanol–water partition coefficient (Wildman–Crippen LogP) is 0.931. The minimum atomic E-state index is -0.210. The van der Waals surface area contributed by atoms with Crippen LogP contribution < -0.4 is 10.5 Å². The average molecular weight is 224 g/mol. The summed E-state index contributed by atoms with van der Waals surface area (Å²) in [6.07, 6.45) is 0.306. The van der Waals surface area contributed by atoms with Gasteiger partial charge in [-0.1, -0.05) is 0 Å². The molecule has 1 aromatic carbocycles. The topological polar surface area (TPSA) is 63.2 Å². The smallest absolute Gasteiger partial charge is 0.312 e. The van der Waals surface area contributed by atoms with Crippen LogP contribution in [-0.2, 0) is 9.53 Å². The maximum Gasteiger partial charge on any atom is 0.312 e. The van der Waals surface area contributed by atoms with Crippen LogP contribution in [0, 0.1) is 0 Å². The first kappa shape index (κ1) is 12.5. The summed E-state index contributed by atoms with van der Waals surface area (Å²) in [5, 5.41) is 0. The van der Waals surface area contributed by atoms with Gasteiger partial charge in [0.1, 0.15) is 18.2 Å². The largest absolute Gasteiger partial charge is 0.497 e. The van der Waals surface area contributed by atoms with Crippen LogP contribution in [0.2, 0.25) is 0 Å². The Labute approximate surface area is 95.3 Å². The fourth-order valence-corrected chi connectivity index (χ4v) is 1.42. The molecule has 16 heavy (non-hydrogen) atoms. The van der Waals surface area contributed by atoms with E-state index in [0.717, 1.165) is 11.3 Å². The quantitative estimate of drug-likeness (QED) is 0.757. The van der Waals surface area contributed by atoms with Gasteiger partial charge in [0.05, 0.1) is 13.7 Å². The van der Waals surface area contributed by atoms with E-state index in [9.17, 15) is 4.79 Å². The number of quaternary nitrogens is 1. The second-order valence-electron chi connectivity index (χ2n) is 3.48. The lowest BCUT2D eigenvalue weighted by Crippen LogP contribution is -2.54. The molecule has 0 amide bonds. The summed E-state index contributed by atoms with van der Waals surface area (Å²) < 4.78 is 9.93. The van der Waals surface area contributed by atoms with Gasteiger partial charge in [0.15, 0.2) is 0 Å². The number of esters is 1. The van der Waals surface area contributed by atoms with Crippen molar-refractivity contribution in [3.05, 3.63) is 29.8 Å². The van der Waals surface area contributed by atoms with Crippen LogP contribution in [0.25, 0.3) is 0 Å². The van der Waals surface area contributed by atoms with Gasteiger partial charge in [-0.15, -0.1) is 0 Å². The van der Waals surface area contributed by atoms with E-state index in [-0.39, 0.29) is 12.0 Å². The van der Waals surface area contributed by atoms with E-state index in [2.05, 4.69) is 5.73 Å². The molecule has 1 unspecified atom stereocenters. The number of hydrogen-bond acceptors (Lipinski definition) is 3. The highest BCUT2D eigenvalue weighted by atomic mass is 16.5. The summed E-state index contributed by atoms with van der Waals surface area (Å²) in [5.41, 5.74) is 4.95. The number of rotatable bonds is 5. The standard InChI is InChI=1S/C12H17NO3/c1-3-16-12(14)8-11(13)9-4-6-10(15-2)7-5-9/h4-7,11H,3,8,13H2,1-2H3/p+1. The van der Waals surface area contributed by atoms with Gasteiger partial charge in [-0.25, -0.2) is 0 Å². The first-order valence-electron chi connectivity index (χ1n) is 5.30. The van der Waals surface area contributed by atoms with Crippen molar-refractivity contribution in [2.75, 3.05) is 13.7 Å². The average Bonchev–Trinajstić information content (AvgIpc) is 2.29. The molecule has 0 saturated carbocycles. The summed E-state index contributed by atoms with van der Waals surface area (Å²) in [4.78, 5) is 11.3. The Morgan fingerprint density at radius 2 is 2.00 bits per heavy atom. The highest BCUT2D eigenvalue weighted by Gasteiger charge is 2.15. The lowest BCUT2D eigenvalue weighted by molar-refractivity contribution is -0.425. The van der Waals surface area contributed by atoms with E-state index in [4.69, 9.17) is 9.47 Å². The number of ether oxygens (including phenoxy) is 2. The van der Waals surface area contributed by atoms with E-state index >= 15 is 0 Å². The van der Waals surface area contributed by atoms with Gasteiger partial charge in [0.25, 0.3) is 0 Å². The highest BCUT2D eigenvalue weighted by molar-refractivity contribution is 5.70. The third kappa shape index (κ3) is 3.55. The van der Waals surface area contributed by atoms with E-state index in [1.165, 1.54) is 0 Å². The molecule has 0 aliphatic rings. The van der Waals surface area contributed by atoms with Crippen LogP contribution in [0.4, 0.5) is 0 Å². The fourth-order valence-electron chi connectivity index (χ4n) is 1.42. The molecule has 0 aliphatic heterocycles. The molecule has 0 fully saturated rings. The molecule has 0 aromatic heterocycles. The van der Waals surface area contributed by atoms with Crippen molar-refractivity contribution in [1.82, 2.24) is 0 Å². The van der Waals surface area contributed by atoms with Crippen LogP contribution in [0.3, 0.4) is 0 Å². The Kier molecular flexibility index (Phi) is 4.79. The number of methoxy groups -OCH3 is 1. The first-order valence-corrected chi connectivity index (χ1v) is 5.30. The summed E-state index contributed by atoms with van der Waals surface area (Å²) in [5.74, 6) is 0.588. The van der Waals surface area contributed by atoms with E-state index in [1.807, 2.05) is 24.3 Å². The number of benzene rings is 1. The van der Waals surface area contributed by atoms with Crippen molar-refractivity contribution in [2.24, 2.45) is 0 Å². The van der Waals surface area contributed by atoms with Gasteiger partial charge in [0.2, 0.25) is 0 Å². The monoisotopic (exact) mass is 224 g/mol. The lowest BCUT2D eigenvalue weighted by Gasteiger charge is -2.08. The zero-order chi connectivity index (χ0) is 12.0. The Bertz CT molecular complexity index is 335. The molecule has 1 aromatic rings. The second-order valence-corrected chi connectivity index (χ2v) is 3.48. The molecule has 1 atom stereocenters. The number of carbonyl (C=O) groups is 1. The number of carbonyl (C=O) groups excluding carboxylic acids is 1. The third-order valence-electron chi connectivity index (χ3n) is 2.31. The number of hydrogen-bond donors (Lipinski definition) is 1. The lowest BCUT2D eigenvalue weighted by atomic mass is 10.0. The van der Waals surface area contributed by atoms with Crippen molar-refractivity contribution in [3.63, 3.8) is 0 Å². The fraction of sp³-hybridized carbons (Fsp3) is 0.417. The molecule has 0 bridgehead atoms. The van der Waals surface area contributed by atoms with Crippen LogP contribution in [0.5, 0.6) is 5.75 Å². The zero-order valence-corrected chi connectivity index (χ0v) is 9.73. The van der Waals surface area contributed by atoms with Crippen molar-refractivity contribution in [2.45, 2.75) is 19.4 Å². The summed E-state index contributed by atoms with van der Waals surface area (Å²) in [7, 11) is 1.62. The molecule has 0 spiro atoms. The molecule has 4 heteroatoms. The van der Waals surface area contributed by atoms with Gasteiger partial charge in [-0.3, -0.25) is 4.79 Å². The molecule has 88 valence electrons. The van der Waals surface area contributed by atoms with Crippen LogP contribution in [0.1, 0.15) is 24.9 Å². The van der Waals surface area contributed by atoms with Crippen LogP contribution >= 0.6 is 0 Å². The normalized spacial score (nSPS) is 11.9. The van der Waals surface area contributed by atoms with E-state index in [1.54, 1.807) is 14.0 Å². The highest BCUT2D eigenvalue weighted by Crippen LogP contribution is 2.17. The molecule has 1 rings (SSSR count). The Hall–Kier alpha value is -1.55. The van der Waals surface area contributed by atoms with Gasteiger partial charge in [-0.2, -0.15) is 0 Å². The maximum absolute atomic E-state index is 11.3. The Morgan fingerprint density at radius 1 is 1.38 bits per heavy atom. The van der Waals surface area contributed by atoms with E-state index in [0.29, 0.717) is 13.0 Å². The maximum atomic E-state index is 11.3. The predicted molar refractivity (Wildman–Crippen MR) is 59.9 cm³/mol. The molecule has 0 aliphatic carbocycles. The molecule has 0 radical (unpaired) electrons. The van der Waals surface area contributed by atoms with E-state index < -0.39 is 0 Å². The molecular weight excluding hydrogens is 206 g/mol. The second kappa shape index (κ2) is 6.12. The van der Waals surface area contributed by atoms with Crippen molar-refractivity contribution in [1.29, 1.82) is 0 Å². The van der Waals surface area contributed by atoms with Crippen molar-refractivity contribution in [3.8, 4) is 5.75 Å². The van der Waals surface area contributed by atoms with Gasteiger partial charge >= 0.3 is 5.97 Å². The minimum Gasteiger partial charge on any atom is -0.497 e. The molecule has 0 saturated heterocycles. The van der Waals surface area contributed by atoms with Crippen LogP contribution in [-0.4, -0.2) is 19.7 Å². The molecule has 0 heterocycles. The SMILES string of the molecule is CCOC(=O)CC([NH3+])c1ccc(OC)cc1. The third-order valence-corrected chi connectivity index (χ3v) is 2.31. The van der Waals surface area contributed by atoms with Crippen LogP contribution in [0.15, 0.2) is 24.3 Å². The zero-order valence-electron chi connectivity index (χ0n) is 9.73. The summed E-state index contributed by atoms with van der Waals surface area (Å²) in [6, 6.07) is 7.47.